The molecule has 1 aromatic heterocycles. The van der Waals surface area contributed by atoms with Crippen LogP contribution in [0.3, 0.4) is 0 Å². The van der Waals surface area contributed by atoms with Crippen molar-refractivity contribution >= 4 is 32.5 Å². The summed E-state index contributed by atoms with van der Waals surface area (Å²) in [6, 6.07) is 10.5. The van der Waals surface area contributed by atoms with Crippen molar-refractivity contribution in [1.82, 2.24) is 4.98 Å². The lowest BCUT2D eigenvalue weighted by Gasteiger charge is -2.22. The zero-order valence-corrected chi connectivity index (χ0v) is 18.7. The number of thiazole rings is 1. The molecule has 0 unspecified atom stereocenters. The standard InChI is InChI=1S/C21H25N3O4S2/c1-4-28-19-12-14(8-9-18(19)27-2)17(13-30(3,25)26)24-16-7-5-6-15(20(16)22)21-23-10-11-29-21/h5-12,17,24H,4,13,22H2,1-3H3/t17-/m1/s1. The highest BCUT2D eigenvalue weighted by atomic mass is 32.2. The fourth-order valence-electron chi connectivity index (χ4n) is 3.12. The average molecular weight is 448 g/mol. The minimum atomic E-state index is -3.28. The molecule has 0 bridgehead atoms. The zero-order valence-electron chi connectivity index (χ0n) is 17.1. The molecular formula is C21H25N3O4S2. The van der Waals surface area contributed by atoms with Crippen molar-refractivity contribution in [2.75, 3.05) is 36.8 Å². The van der Waals surface area contributed by atoms with E-state index in [2.05, 4.69) is 10.3 Å². The van der Waals surface area contributed by atoms with E-state index in [0.717, 1.165) is 16.1 Å². The number of nitrogen functional groups attached to an aromatic ring is 1. The molecule has 0 amide bonds. The van der Waals surface area contributed by atoms with Gasteiger partial charge in [-0.3, -0.25) is 0 Å². The fourth-order valence-corrected chi connectivity index (χ4v) is 4.68. The molecule has 0 saturated carbocycles. The number of nitrogens with two attached hydrogens (primary N) is 1. The first kappa shape index (κ1) is 21.9. The van der Waals surface area contributed by atoms with Crippen LogP contribution in [-0.4, -0.2) is 39.1 Å². The Morgan fingerprint density at radius 2 is 2.03 bits per heavy atom. The molecule has 0 fully saturated rings. The van der Waals surface area contributed by atoms with Crippen molar-refractivity contribution in [2.45, 2.75) is 13.0 Å². The highest BCUT2D eigenvalue weighted by molar-refractivity contribution is 7.90. The van der Waals surface area contributed by atoms with Gasteiger partial charge in [0.2, 0.25) is 0 Å². The van der Waals surface area contributed by atoms with E-state index in [4.69, 9.17) is 15.2 Å². The van der Waals surface area contributed by atoms with Crippen molar-refractivity contribution < 1.29 is 17.9 Å². The predicted molar refractivity (Wildman–Crippen MR) is 122 cm³/mol. The highest BCUT2D eigenvalue weighted by Crippen LogP contribution is 2.36. The fraction of sp³-hybridized carbons (Fsp3) is 0.286. The van der Waals surface area contributed by atoms with Gasteiger partial charge in [-0.15, -0.1) is 11.3 Å². The van der Waals surface area contributed by atoms with Crippen LogP contribution in [-0.2, 0) is 9.84 Å². The normalized spacial score (nSPS) is 12.4. The molecule has 3 rings (SSSR count). The van der Waals surface area contributed by atoms with Gasteiger partial charge in [-0.05, 0) is 36.8 Å². The van der Waals surface area contributed by atoms with Gasteiger partial charge in [0.25, 0.3) is 0 Å². The molecule has 2 aromatic carbocycles. The number of nitrogens with zero attached hydrogens (tertiary/aromatic N) is 1. The molecule has 0 spiro atoms. The molecule has 0 aliphatic rings. The van der Waals surface area contributed by atoms with Gasteiger partial charge in [0, 0.05) is 23.4 Å². The van der Waals surface area contributed by atoms with Gasteiger partial charge >= 0.3 is 0 Å². The van der Waals surface area contributed by atoms with E-state index in [1.54, 1.807) is 25.4 Å². The molecule has 0 radical (unpaired) electrons. The Balaban J connectivity index is 2.00. The van der Waals surface area contributed by atoms with Crippen LogP contribution in [0.4, 0.5) is 11.4 Å². The van der Waals surface area contributed by atoms with Gasteiger partial charge in [-0.2, -0.15) is 0 Å². The number of nitrogens with one attached hydrogen (secondary N) is 1. The number of methoxy groups -OCH3 is 1. The SMILES string of the molecule is CCOc1cc([C@@H](CS(C)(=O)=O)Nc2cccc(-c3nccs3)c2N)ccc1OC. The van der Waals surface area contributed by atoms with Crippen LogP contribution in [0.25, 0.3) is 10.6 Å². The van der Waals surface area contributed by atoms with E-state index in [0.29, 0.717) is 29.5 Å². The number of hydrogen-bond donors (Lipinski definition) is 2. The second-order valence-corrected chi connectivity index (χ2v) is 9.82. The van der Waals surface area contributed by atoms with Gasteiger partial charge in [0.05, 0.1) is 36.9 Å². The number of rotatable bonds is 9. The number of ether oxygens (including phenoxy) is 2. The largest absolute Gasteiger partial charge is 0.493 e. The van der Waals surface area contributed by atoms with Crippen molar-refractivity contribution in [2.24, 2.45) is 0 Å². The summed E-state index contributed by atoms with van der Waals surface area (Å²) < 4.78 is 35.3. The first-order valence-electron chi connectivity index (χ1n) is 9.35. The number of sulfone groups is 1. The van der Waals surface area contributed by atoms with Crippen LogP contribution < -0.4 is 20.5 Å². The van der Waals surface area contributed by atoms with Crippen LogP contribution in [0.15, 0.2) is 48.0 Å². The van der Waals surface area contributed by atoms with Gasteiger partial charge < -0.3 is 20.5 Å². The lowest BCUT2D eigenvalue weighted by atomic mass is 10.1. The topological polar surface area (TPSA) is 104 Å². The number of aromatic nitrogens is 1. The lowest BCUT2D eigenvalue weighted by Crippen LogP contribution is -2.21. The zero-order chi connectivity index (χ0) is 21.7. The highest BCUT2D eigenvalue weighted by Gasteiger charge is 2.21. The minimum Gasteiger partial charge on any atom is -0.493 e. The van der Waals surface area contributed by atoms with Gasteiger partial charge in [0.1, 0.15) is 14.8 Å². The lowest BCUT2D eigenvalue weighted by molar-refractivity contribution is 0.310. The third kappa shape index (κ3) is 5.22. The van der Waals surface area contributed by atoms with Crippen molar-refractivity contribution in [3.8, 4) is 22.1 Å². The number of benzene rings is 2. The quantitative estimate of drug-likeness (QED) is 0.478. The van der Waals surface area contributed by atoms with E-state index in [1.807, 2.05) is 36.6 Å². The smallest absolute Gasteiger partial charge is 0.161 e. The summed E-state index contributed by atoms with van der Waals surface area (Å²) in [5, 5.41) is 5.99. The van der Waals surface area contributed by atoms with Crippen molar-refractivity contribution in [1.29, 1.82) is 0 Å². The molecule has 160 valence electrons. The number of hydrogen-bond acceptors (Lipinski definition) is 8. The maximum Gasteiger partial charge on any atom is 0.161 e. The second kappa shape index (κ2) is 9.36. The van der Waals surface area contributed by atoms with E-state index in [1.165, 1.54) is 17.6 Å². The molecule has 9 heteroatoms. The molecule has 0 aliphatic heterocycles. The molecular weight excluding hydrogens is 422 g/mol. The molecule has 30 heavy (non-hydrogen) atoms. The number of anilines is 2. The van der Waals surface area contributed by atoms with Crippen LogP contribution in [0.1, 0.15) is 18.5 Å². The average Bonchev–Trinajstić information content (AvgIpc) is 3.23. The summed E-state index contributed by atoms with van der Waals surface area (Å²) in [5.41, 5.74) is 9.12. The Kier molecular flexibility index (Phi) is 6.84. The minimum absolute atomic E-state index is 0.105. The maximum absolute atomic E-state index is 12.1. The van der Waals surface area contributed by atoms with Crippen LogP contribution in [0, 0.1) is 0 Å². The summed E-state index contributed by atoms with van der Waals surface area (Å²) in [6.07, 6.45) is 2.93. The summed E-state index contributed by atoms with van der Waals surface area (Å²) in [5.74, 6) is 1.04. The molecule has 7 nitrogen and oxygen atoms in total. The molecule has 0 aliphatic carbocycles. The first-order chi connectivity index (χ1) is 14.3. The van der Waals surface area contributed by atoms with Crippen molar-refractivity contribution in [3.05, 3.63) is 53.5 Å². The Bertz CT molecular complexity index is 1100. The van der Waals surface area contributed by atoms with Gasteiger partial charge in [-0.1, -0.05) is 12.1 Å². The molecule has 1 atom stereocenters. The van der Waals surface area contributed by atoms with E-state index in [-0.39, 0.29) is 5.75 Å². The monoisotopic (exact) mass is 447 g/mol. The Morgan fingerprint density at radius 1 is 1.23 bits per heavy atom. The van der Waals surface area contributed by atoms with E-state index < -0.39 is 15.9 Å². The third-order valence-corrected chi connectivity index (χ3v) is 6.20. The first-order valence-corrected chi connectivity index (χ1v) is 12.3. The van der Waals surface area contributed by atoms with Gasteiger partial charge in [-0.25, -0.2) is 13.4 Å². The van der Waals surface area contributed by atoms with E-state index in [9.17, 15) is 8.42 Å². The van der Waals surface area contributed by atoms with E-state index >= 15 is 0 Å². The molecule has 3 N–H and O–H groups in total. The van der Waals surface area contributed by atoms with Crippen LogP contribution in [0.2, 0.25) is 0 Å². The summed E-state index contributed by atoms with van der Waals surface area (Å²) in [6.45, 7) is 2.34. The molecule has 1 heterocycles. The maximum atomic E-state index is 12.1. The second-order valence-electron chi connectivity index (χ2n) is 6.74. The predicted octanol–water partition coefficient (Wildman–Crippen LogP) is 4.00. The summed E-state index contributed by atoms with van der Waals surface area (Å²) in [4.78, 5) is 4.32. The van der Waals surface area contributed by atoms with Crippen LogP contribution in [0.5, 0.6) is 11.5 Å². The summed E-state index contributed by atoms with van der Waals surface area (Å²) >= 11 is 1.49. The molecule has 0 saturated heterocycles. The third-order valence-electron chi connectivity index (χ3n) is 4.46. The van der Waals surface area contributed by atoms with Gasteiger partial charge in [0.15, 0.2) is 11.5 Å². The Hall–Kier alpha value is -2.78. The van der Waals surface area contributed by atoms with Crippen molar-refractivity contribution in [3.63, 3.8) is 0 Å². The molecule has 3 aromatic rings. The Labute approximate surface area is 180 Å². The number of para-hydroxylation sites is 1. The van der Waals surface area contributed by atoms with Crippen LogP contribution >= 0.6 is 11.3 Å². The summed E-state index contributed by atoms with van der Waals surface area (Å²) in [7, 11) is -1.72. The Morgan fingerprint density at radius 3 is 2.67 bits per heavy atom.